The normalized spacial score (nSPS) is 12.3. The number of hydrogen-bond donors (Lipinski definition) is 2. The molecule has 3 aromatic carbocycles. The Morgan fingerprint density at radius 3 is 2.24 bits per heavy atom. The first-order chi connectivity index (χ1) is 14.0. The number of carbonyl (C=O) groups is 2. The largest absolute Gasteiger partial charge is 0.490 e. The second kappa shape index (κ2) is 7.48. The van der Waals surface area contributed by atoms with Gasteiger partial charge in [-0.25, -0.2) is 0 Å². The maximum absolute atomic E-state index is 13.0. The van der Waals surface area contributed by atoms with E-state index in [-0.39, 0.29) is 64.2 Å². The zero-order valence-corrected chi connectivity index (χ0v) is 16.0. The van der Waals surface area contributed by atoms with Crippen LogP contribution in [0.3, 0.4) is 0 Å². The van der Waals surface area contributed by atoms with Crippen molar-refractivity contribution >= 4 is 34.5 Å². The quantitative estimate of drug-likeness (QED) is 0.385. The highest BCUT2D eigenvalue weighted by Gasteiger charge is 2.34. The van der Waals surface area contributed by atoms with E-state index in [2.05, 4.69) is 0 Å². The predicted molar refractivity (Wildman–Crippen MR) is 111 cm³/mol. The first-order valence-corrected chi connectivity index (χ1v) is 9.26. The first-order valence-electron chi connectivity index (χ1n) is 8.89. The van der Waals surface area contributed by atoms with Gasteiger partial charge in [0, 0.05) is 27.9 Å². The molecule has 3 aromatic rings. The minimum absolute atomic E-state index is 0.0591. The summed E-state index contributed by atoms with van der Waals surface area (Å²) in [5, 5.41) is 0.360. The van der Waals surface area contributed by atoms with E-state index < -0.39 is 0 Å². The van der Waals surface area contributed by atoms with Crippen LogP contribution in [0.15, 0.2) is 54.6 Å². The van der Waals surface area contributed by atoms with Gasteiger partial charge >= 0.3 is 0 Å². The standard InChI is InChI=1S/C22H17ClN2O4/c23-12-6-7-14-15(10-12)22(27)18-16(24)11-17(20(25)19(18)21(14)26)29-9-8-28-13-4-2-1-3-5-13/h1-7,10-11H,8-9,24-25H2. The van der Waals surface area contributed by atoms with Crippen molar-refractivity contribution in [2.75, 3.05) is 24.7 Å². The highest BCUT2D eigenvalue weighted by Crippen LogP contribution is 2.40. The number of benzene rings is 3. The van der Waals surface area contributed by atoms with Crippen LogP contribution in [0.5, 0.6) is 11.5 Å². The van der Waals surface area contributed by atoms with Crippen molar-refractivity contribution in [1.82, 2.24) is 0 Å². The van der Waals surface area contributed by atoms with Crippen LogP contribution in [0.1, 0.15) is 31.8 Å². The highest BCUT2D eigenvalue weighted by molar-refractivity contribution is 6.35. The number of nitrogens with two attached hydrogens (primary N) is 2. The van der Waals surface area contributed by atoms with Gasteiger partial charge in [0.25, 0.3) is 0 Å². The summed E-state index contributed by atoms with van der Waals surface area (Å²) >= 11 is 5.98. The first kappa shape index (κ1) is 18.8. The van der Waals surface area contributed by atoms with Gasteiger partial charge in [-0.15, -0.1) is 0 Å². The molecule has 0 amide bonds. The topological polar surface area (TPSA) is 105 Å². The molecule has 0 bridgehead atoms. The summed E-state index contributed by atoms with van der Waals surface area (Å²) in [6.45, 7) is 0.459. The van der Waals surface area contributed by atoms with Crippen molar-refractivity contribution in [1.29, 1.82) is 0 Å². The molecule has 1 aliphatic carbocycles. The Morgan fingerprint density at radius 1 is 0.793 bits per heavy atom. The number of para-hydroxylation sites is 1. The third-order valence-electron chi connectivity index (χ3n) is 4.64. The fourth-order valence-corrected chi connectivity index (χ4v) is 3.46. The maximum atomic E-state index is 13.0. The van der Waals surface area contributed by atoms with Gasteiger partial charge in [-0.1, -0.05) is 29.8 Å². The van der Waals surface area contributed by atoms with Crippen LogP contribution in [0, 0.1) is 0 Å². The van der Waals surface area contributed by atoms with Gasteiger partial charge in [-0.3, -0.25) is 9.59 Å². The van der Waals surface area contributed by atoms with Crippen molar-refractivity contribution in [3.05, 3.63) is 81.9 Å². The lowest BCUT2D eigenvalue weighted by Gasteiger charge is -2.22. The smallest absolute Gasteiger partial charge is 0.196 e. The molecule has 0 heterocycles. The summed E-state index contributed by atoms with van der Waals surface area (Å²) in [6, 6.07) is 15.3. The van der Waals surface area contributed by atoms with Crippen LogP contribution in [0.25, 0.3) is 0 Å². The van der Waals surface area contributed by atoms with Gasteiger partial charge in [0.1, 0.15) is 24.7 Å². The Hall–Kier alpha value is -3.51. The Bertz CT molecular complexity index is 1130. The average Bonchev–Trinajstić information content (AvgIpc) is 2.72. The Balaban J connectivity index is 1.60. The van der Waals surface area contributed by atoms with Gasteiger partial charge in [0.05, 0.1) is 16.8 Å². The van der Waals surface area contributed by atoms with E-state index in [0.29, 0.717) is 10.8 Å². The molecule has 1 aliphatic rings. The van der Waals surface area contributed by atoms with E-state index in [1.54, 1.807) is 6.07 Å². The summed E-state index contributed by atoms with van der Waals surface area (Å²) in [5.41, 5.74) is 13.1. The van der Waals surface area contributed by atoms with Crippen LogP contribution < -0.4 is 20.9 Å². The van der Waals surface area contributed by atoms with Crippen LogP contribution in [-0.4, -0.2) is 24.8 Å². The molecule has 7 heteroatoms. The minimum Gasteiger partial charge on any atom is -0.490 e. The number of carbonyl (C=O) groups excluding carboxylic acids is 2. The van der Waals surface area contributed by atoms with Crippen molar-refractivity contribution in [2.45, 2.75) is 0 Å². The van der Waals surface area contributed by atoms with Gasteiger partial charge in [0.2, 0.25) is 0 Å². The molecule has 4 N–H and O–H groups in total. The molecule has 0 atom stereocenters. The van der Waals surface area contributed by atoms with Gasteiger partial charge in [-0.2, -0.15) is 0 Å². The fraction of sp³-hybridized carbons (Fsp3) is 0.0909. The zero-order chi connectivity index (χ0) is 20.5. The number of nitrogen functional groups attached to an aromatic ring is 2. The van der Waals surface area contributed by atoms with E-state index in [1.807, 2.05) is 30.3 Å². The molecule has 29 heavy (non-hydrogen) atoms. The molecule has 0 aromatic heterocycles. The Morgan fingerprint density at radius 2 is 1.48 bits per heavy atom. The monoisotopic (exact) mass is 408 g/mol. The third-order valence-corrected chi connectivity index (χ3v) is 4.87. The lowest BCUT2D eigenvalue weighted by atomic mass is 9.82. The van der Waals surface area contributed by atoms with E-state index in [4.69, 9.17) is 32.5 Å². The van der Waals surface area contributed by atoms with E-state index in [1.165, 1.54) is 18.2 Å². The predicted octanol–water partition coefficient (Wildman–Crippen LogP) is 3.74. The molecular weight excluding hydrogens is 392 g/mol. The van der Waals surface area contributed by atoms with E-state index in [0.717, 1.165) is 0 Å². The lowest BCUT2D eigenvalue weighted by Crippen LogP contribution is -2.24. The number of halogens is 1. The number of ether oxygens (including phenoxy) is 2. The fourth-order valence-electron chi connectivity index (χ4n) is 3.29. The van der Waals surface area contributed by atoms with E-state index >= 15 is 0 Å². The van der Waals surface area contributed by atoms with E-state index in [9.17, 15) is 9.59 Å². The van der Waals surface area contributed by atoms with Crippen molar-refractivity contribution in [2.24, 2.45) is 0 Å². The average molecular weight is 409 g/mol. The summed E-state index contributed by atoms with van der Waals surface area (Å²) in [7, 11) is 0. The molecule has 0 fully saturated rings. The van der Waals surface area contributed by atoms with Crippen molar-refractivity contribution in [3.8, 4) is 11.5 Å². The number of hydrogen-bond acceptors (Lipinski definition) is 6. The number of rotatable bonds is 5. The van der Waals surface area contributed by atoms with Crippen LogP contribution in [0.4, 0.5) is 11.4 Å². The Kier molecular flexibility index (Phi) is 4.86. The second-order valence-corrected chi connectivity index (χ2v) is 6.92. The molecule has 0 spiro atoms. The molecule has 0 saturated carbocycles. The van der Waals surface area contributed by atoms with Crippen molar-refractivity contribution in [3.63, 3.8) is 0 Å². The lowest BCUT2D eigenvalue weighted by molar-refractivity contribution is 0.0980. The molecule has 0 saturated heterocycles. The van der Waals surface area contributed by atoms with Gasteiger partial charge in [-0.05, 0) is 30.3 Å². The third kappa shape index (κ3) is 3.39. The summed E-state index contributed by atoms with van der Waals surface area (Å²) < 4.78 is 11.3. The number of anilines is 2. The summed E-state index contributed by atoms with van der Waals surface area (Å²) in [5.74, 6) is 0.170. The minimum atomic E-state index is -0.389. The van der Waals surface area contributed by atoms with Gasteiger partial charge < -0.3 is 20.9 Å². The molecule has 4 rings (SSSR count). The molecule has 6 nitrogen and oxygen atoms in total. The SMILES string of the molecule is Nc1cc(OCCOc2ccccc2)c(N)c2c1C(=O)c1cc(Cl)ccc1C2=O. The van der Waals surface area contributed by atoms with Crippen LogP contribution >= 0.6 is 11.6 Å². The Labute approximate surface area is 172 Å². The summed E-state index contributed by atoms with van der Waals surface area (Å²) in [6.07, 6.45) is 0. The molecular formula is C22H17ClN2O4. The highest BCUT2D eigenvalue weighted by atomic mass is 35.5. The van der Waals surface area contributed by atoms with Crippen molar-refractivity contribution < 1.29 is 19.1 Å². The molecule has 0 radical (unpaired) electrons. The number of ketones is 2. The van der Waals surface area contributed by atoms with Gasteiger partial charge in [0.15, 0.2) is 11.6 Å². The molecule has 146 valence electrons. The number of fused-ring (bicyclic) bond motifs is 2. The van der Waals surface area contributed by atoms with Crippen LogP contribution in [-0.2, 0) is 0 Å². The second-order valence-electron chi connectivity index (χ2n) is 6.49. The summed E-state index contributed by atoms with van der Waals surface area (Å²) in [4.78, 5) is 25.9. The molecule has 0 unspecified atom stereocenters. The zero-order valence-electron chi connectivity index (χ0n) is 15.3. The van der Waals surface area contributed by atoms with Crippen LogP contribution in [0.2, 0.25) is 5.02 Å². The maximum Gasteiger partial charge on any atom is 0.196 e. The molecule has 0 aliphatic heterocycles.